The minimum absolute atomic E-state index is 0.101. The second-order valence-corrected chi connectivity index (χ2v) is 7.23. The molecule has 4 rings (SSSR count). The van der Waals surface area contributed by atoms with Crippen LogP contribution in [-0.2, 0) is 12.3 Å². The molecule has 0 saturated heterocycles. The number of nitro benzene ring substituents is 1. The van der Waals surface area contributed by atoms with Gasteiger partial charge in [-0.1, -0.05) is 66.4 Å². The van der Waals surface area contributed by atoms with Crippen LogP contribution in [0.2, 0.25) is 0 Å². The van der Waals surface area contributed by atoms with E-state index in [0.717, 1.165) is 34.0 Å². The van der Waals surface area contributed by atoms with Gasteiger partial charge < -0.3 is 4.57 Å². The van der Waals surface area contributed by atoms with Gasteiger partial charge in [-0.15, -0.1) is 10.2 Å². The van der Waals surface area contributed by atoms with Crippen molar-refractivity contribution in [1.29, 1.82) is 0 Å². The normalized spacial score (nSPS) is 11.0. The Kier molecular flexibility index (Phi) is 5.08. The fourth-order valence-electron chi connectivity index (χ4n) is 3.16. The van der Waals surface area contributed by atoms with Crippen molar-refractivity contribution in [1.82, 2.24) is 14.8 Å². The molecule has 140 valence electrons. The number of aromatic nitrogens is 3. The zero-order valence-electron chi connectivity index (χ0n) is 15.3. The molecule has 1 aromatic heterocycles. The lowest BCUT2D eigenvalue weighted by atomic mass is 10.0. The number of nitro groups is 1. The maximum Gasteiger partial charge on any atom is 0.269 e. The van der Waals surface area contributed by atoms with Crippen LogP contribution in [0.4, 0.5) is 5.69 Å². The lowest BCUT2D eigenvalue weighted by Gasteiger charge is -2.09. The Bertz CT molecular complexity index is 1130. The molecule has 0 amide bonds. The molecule has 0 fully saturated rings. The van der Waals surface area contributed by atoms with E-state index in [1.54, 1.807) is 23.9 Å². The van der Waals surface area contributed by atoms with Crippen LogP contribution in [-0.4, -0.2) is 19.7 Å². The number of hydrogen-bond acceptors (Lipinski definition) is 5. The Morgan fingerprint density at radius 2 is 1.75 bits per heavy atom. The monoisotopic (exact) mass is 390 g/mol. The van der Waals surface area contributed by atoms with Crippen molar-refractivity contribution in [2.24, 2.45) is 0 Å². The van der Waals surface area contributed by atoms with E-state index < -0.39 is 0 Å². The van der Waals surface area contributed by atoms with Gasteiger partial charge in [-0.25, -0.2) is 0 Å². The molecular formula is C21H18N4O2S. The quantitative estimate of drug-likeness (QED) is 0.253. The Morgan fingerprint density at radius 1 is 1.00 bits per heavy atom. The van der Waals surface area contributed by atoms with Gasteiger partial charge in [0.05, 0.1) is 4.92 Å². The van der Waals surface area contributed by atoms with Crippen LogP contribution in [0, 0.1) is 10.1 Å². The summed E-state index contributed by atoms with van der Waals surface area (Å²) in [4.78, 5) is 10.4. The molecule has 0 aliphatic heterocycles. The van der Waals surface area contributed by atoms with Gasteiger partial charge in [0.2, 0.25) is 0 Å². The maximum atomic E-state index is 10.8. The number of nitrogens with zero attached hydrogens (tertiary/aromatic N) is 4. The third-order valence-electron chi connectivity index (χ3n) is 4.58. The van der Waals surface area contributed by atoms with Crippen LogP contribution in [0.1, 0.15) is 12.5 Å². The standard InChI is InChI=1S/C21H18N4O2S/c1-2-24-20(19-9-5-7-16-6-3-4-8-18(16)19)22-23-21(24)28-14-15-10-12-17(13-11-15)25(26)27/h3-13H,2,14H2,1H3. The number of rotatable bonds is 6. The molecule has 0 unspecified atom stereocenters. The third kappa shape index (κ3) is 3.48. The summed E-state index contributed by atoms with van der Waals surface area (Å²) in [6, 6.07) is 21.1. The highest BCUT2D eigenvalue weighted by atomic mass is 32.2. The number of fused-ring (bicyclic) bond motifs is 1. The second-order valence-electron chi connectivity index (χ2n) is 6.29. The van der Waals surface area contributed by atoms with E-state index in [4.69, 9.17) is 0 Å². The summed E-state index contributed by atoms with van der Waals surface area (Å²) in [5.74, 6) is 1.52. The summed E-state index contributed by atoms with van der Waals surface area (Å²) in [5, 5.41) is 22.8. The highest BCUT2D eigenvalue weighted by molar-refractivity contribution is 7.98. The van der Waals surface area contributed by atoms with Crippen LogP contribution in [0.15, 0.2) is 71.9 Å². The van der Waals surface area contributed by atoms with E-state index in [1.807, 2.05) is 18.2 Å². The molecule has 0 radical (unpaired) electrons. The highest BCUT2D eigenvalue weighted by Gasteiger charge is 2.15. The van der Waals surface area contributed by atoms with Crippen molar-refractivity contribution in [3.63, 3.8) is 0 Å². The molecule has 4 aromatic rings. The van der Waals surface area contributed by atoms with Gasteiger partial charge in [0.15, 0.2) is 11.0 Å². The summed E-state index contributed by atoms with van der Waals surface area (Å²) in [6.45, 7) is 2.84. The van der Waals surface area contributed by atoms with Crippen molar-refractivity contribution >= 4 is 28.2 Å². The predicted molar refractivity (Wildman–Crippen MR) is 111 cm³/mol. The zero-order valence-corrected chi connectivity index (χ0v) is 16.1. The van der Waals surface area contributed by atoms with Gasteiger partial charge >= 0.3 is 0 Å². The van der Waals surface area contributed by atoms with E-state index in [0.29, 0.717) is 5.75 Å². The van der Waals surface area contributed by atoms with E-state index in [-0.39, 0.29) is 10.6 Å². The first-order chi connectivity index (χ1) is 13.7. The van der Waals surface area contributed by atoms with E-state index >= 15 is 0 Å². The Hall–Kier alpha value is -3.19. The lowest BCUT2D eigenvalue weighted by molar-refractivity contribution is -0.384. The van der Waals surface area contributed by atoms with Crippen LogP contribution in [0.25, 0.3) is 22.2 Å². The minimum Gasteiger partial charge on any atom is -0.302 e. The van der Waals surface area contributed by atoms with E-state index in [2.05, 4.69) is 46.0 Å². The number of thioether (sulfide) groups is 1. The molecule has 6 nitrogen and oxygen atoms in total. The lowest BCUT2D eigenvalue weighted by Crippen LogP contribution is -2.00. The van der Waals surface area contributed by atoms with E-state index in [9.17, 15) is 10.1 Å². The first-order valence-corrected chi connectivity index (χ1v) is 9.93. The van der Waals surface area contributed by atoms with Crippen LogP contribution in [0.5, 0.6) is 0 Å². The van der Waals surface area contributed by atoms with Gasteiger partial charge in [-0.3, -0.25) is 10.1 Å². The van der Waals surface area contributed by atoms with Crippen molar-refractivity contribution in [3.8, 4) is 11.4 Å². The van der Waals surface area contributed by atoms with Gasteiger partial charge in [0.1, 0.15) is 0 Å². The first-order valence-electron chi connectivity index (χ1n) is 8.95. The number of non-ortho nitro benzene ring substituents is 1. The molecule has 7 heteroatoms. The molecular weight excluding hydrogens is 372 g/mol. The number of benzene rings is 3. The molecule has 0 bridgehead atoms. The molecule has 1 heterocycles. The van der Waals surface area contributed by atoms with E-state index in [1.165, 1.54) is 17.5 Å². The Labute approximate surface area is 166 Å². The fraction of sp³-hybridized carbons (Fsp3) is 0.143. The molecule has 0 saturated carbocycles. The fourth-order valence-corrected chi connectivity index (χ4v) is 4.12. The van der Waals surface area contributed by atoms with Crippen molar-refractivity contribution < 1.29 is 4.92 Å². The summed E-state index contributed by atoms with van der Waals surface area (Å²) in [5.41, 5.74) is 2.17. The number of hydrogen-bond donors (Lipinski definition) is 0. The van der Waals surface area contributed by atoms with Crippen molar-refractivity contribution in [3.05, 3.63) is 82.4 Å². The summed E-state index contributed by atoms with van der Waals surface area (Å²) < 4.78 is 2.11. The topological polar surface area (TPSA) is 73.8 Å². The van der Waals surface area contributed by atoms with Gasteiger partial charge in [-0.2, -0.15) is 0 Å². The molecule has 0 aliphatic carbocycles. The first kappa shape index (κ1) is 18.2. The van der Waals surface area contributed by atoms with Crippen LogP contribution >= 0.6 is 11.8 Å². The van der Waals surface area contributed by atoms with Crippen LogP contribution < -0.4 is 0 Å². The summed E-state index contributed by atoms with van der Waals surface area (Å²) in [7, 11) is 0. The van der Waals surface area contributed by atoms with Gasteiger partial charge in [-0.05, 0) is 23.3 Å². The SMILES string of the molecule is CCn1c(SCc2ccc([N+](=O)[O-])cc2)nnc1-c1cccc2ccccc12. The van der Waals surface area contributed by atoms with Gasteiger partial charge in [0.25, 0.3) is 5.69 Å². The van der Waals surface area contributed by atoms with Crippen molar-refractivity contribution in [2.75, 3.05) is 0 Å². The zero-order chi connectivity index (χ0) is 19.5. The average Bonchev–Trinajstić information content (AvgIpc) is 3.14. The predicted octanol–water partition coefficient (Wildman–Crippen LogP) is 5.32. The summed E-state index contributed by atoms with van der Waals surface area (Å²) in [6.07, 6.45) is 0. The molecule has 0 N–H and O–H groups in total. The Balaban J connectivity index is 1.62. The average molecular weight is 390 g/mol. The molecule has 28 heavy (non-hydrogen) atoms. The van der Waals surface area contributed by atoms with Gasteiger partial charge in [0, 0.05) is 30.0 Å². The molecule has 3 aromatic carbocycles. The smallest absolute Gasteiger partial charge is 0.269 e. The maximum absolute atomic E-state index is 10.8. The molecule has 0 atom stereocenters. The third-order valence-corrected chi connectivity index (χ3v) is 5.62. The summed E-state index contributed by atoms with van der Waals surface area (Å²) >= 11 is 1.58. The largest absolute Gasteiger partial charge is 0.302 e. The van der Waals surface area contributed by atoms with Crippen molar-refractivity contribution in [2.45, 2.75) is 24.4 Å². The van der Waals surface area contributed by atoms with Crippen LogP contribution in [0.3, 0.4) is 0 Å². The second kappa shape index (κ2) is 7.82. The highest BCUT2D eigenvalue weighted by Crippen LogP contribution is 2.31. The molecule has 0 spiro atoms. The Morgan fingerprint density at radius 3 is 2.50 bits per heavy atom. The molecule has 0 aliphatic rings. The minimum atomic E-state index is -0.388.